The zero-order valence-electron chi connectivity index (χ0n) is 27.7. The molecule has 0 amide bonds. The molecule has 1 nitrogen and oxygen atoms in total. The molecule has 0 saturated carbocycles. The van der Waals surface area contributed by atoms with E-state index in [1.165, 1.54) is 138 Å². The first-order chi connectivity index (χ1) is 23.6. The molecule has 0 unspecified atom stereocenters. The lowest BCUT2D eigenvalue weighted by Gasteiger charge is -2.25. The van der Waals surface area contributed by atoms with Crippen molar-refractivity contribution in [3.05, 3.63) is 105 Å². The number of anilines is 2. The summed E-state index contributed by atoms with van der Waals surface area (Å²) in [4.78, 5) is 9.45. The fraction of sp³-hybridized carbons (Fsp3) is 0.286. The van der Waals surface area contributed by atoms with Gasteiger partial charge in [0.2, 0.25) is 0 Å². The monoisotopic (exact) mass is 723 g/mol. The van der Waals surface area contributed by atoms with Crippen LogP contribution in [0.15, 0.2) is 101 Å². The van der Waals surface area contributed by atoms with Crippen LogP contribution in [0.2, 0.25) is 4.34 Å². The third kappa shape index (κ3) is 7.82. The molecule has 0 aliphatic carbocycles. The molecule has 0 bridgehead atoms. The molecule has 1 aliphatic rings. The highest BCUT2D eigenvalue weighted by atomic mass is 35.5. The Morgan fingerprint density at radius 3 is 1.75 bits per heavy atom. The van der Waals surface area contributed by atoms with Gasteiger partial charge in [0.15, 0.2) is 0 Å². The van der Waals surface area contributed by atoms with Crippen LogP contribution in [0.25, 0.3) is 42.4 Å². The SMILES string of the molecule is CCCCCCc1ccc(-c2ccc3c(c2)Sc2cc(-c4ccc(CCCCCC)s4)cc(-c4ccc(-c5ccc(Cl)s5)cc4)c2N3)s1. The molecule has 48 heavy (non-hydrogen) atoms. The number of rotatable bonds is 14. The average molecular weight is 725 g/mol. The molecule has 0 spiro atoms. The second kappa shape index (κ2) is 15.8. The van der Waals surface area contributed by atoms with E-state index in [0.29, 0.717) is 0 Å². The molecule has 1 N–H and O–H groups in total. The zero-order valence-corrected chi connectivity index (χ0v) is 31.8. The van der Waals surface area contributed by atoms with Crippen molar-refractivity contribution in [1.82, 2.24) is 0 Å². The molecule has 0 atom stereocenters. The molecule has 0 radical (unpaired) electrons. The molecule has 1 aliphatic heterocycles. The van der Waals surface area contributed by atoms with Gasteiger partial charge in [-0.3, -0.25) is 0 Å². The summed E-state index contributed by atoms with van der Waals surface area (Å²) in [6.45, 7) is 4.56. The number of thiophene rings is 3. The Morgan fingerprint density at radius 1 is 0.521 bits per heavy atom. The van der Waals surface area contributed by atoms with Crippen LogP contribution in [0, 0.1) is 0 Å². The van der Waals surface area contributed by atoms with E-state index in [1.54, 1.807) is 11.3 Å². The van der Waals surface area contributed by atoms with E-state index in [1.807, 2.05) is 40.5 Å². The summed E-state index contributed by atoms with van der Waals surface area (Å²) in [7, 11) is 0. The van der Waals surface area contributed by atoms with Crippen LogP contribution in [0.4, 0.5) is 11.4 Å². The number of benzene rings is 3. The maximum Gasteiger partial charge on any atom is 0.0934 e. The summed E-state index contributed by atoms with van der Waals surface area (Å²) in [6, 6.07) is 34.1. The molecular formula is C42H42ClNS4. The smallest absolute Gasteiger partial charge is 0.0934 e. The largest absolute Gasteiger partial charge is 0.353 e. The quantitative estimate of drug-likeness (QED) is 0.112. The number of aryl methyl sites for hydroxylation is 2. The van der Waals surface area contributed by atoms with Crippen molar-refractivity contribution in [2.45, 2.75) is 87.8 Å². The highest BCUT2D eigenvalue weighted by Gasteiger charge is 2.22. The molecule has 0 fully saturated rings. The van der Waals surface area contributed by atoms with Crippen molar-refractivity contribution in [2.24, 2.45) is 0 Å². The lowest BCUT2D eigenvalue weighted by molar-refractivity contribution is 0.670. The minimum absolute atomic E-state index is 0.821. The van der Waals surface area contributed by atoms with Crippen LogP contribution in [0.5, 0.6) is 0 Å². The molecule has 3 aromatic carbocycles. The summed E-state index contributed by atoms with van der Waals surface area (Å²) < 4.78 is 0.821. The van der Waals surface area contributed by atoms with E-state index in [-0.39, 0.29) is 0 Å². The average Bonchev–Trinajstić information content (AvgIpc) is 3.89. The van der Waals surface area contributed by atoms with Crippen molar-refractivity contribution >= 4 is 68.7 Å². The van der Waals surface area contributed by atoms with E-state index in [0.717, 1.165) is 4.34 Å². The van der Waals surface area contributed by atoms with E-state index in [4.69, 9.17) is 11.6 Å². The van der Waals surface area contributed by atoms with Crippen LogP contribution in [0.3, 0.4) is 0 Å². The lowest BCUT2D eigenvalue weighted by atomic mass is 9.98. The Hall–Kier alpha value is -2.80. The first-order valence-corrected chi connectivity index (χ1v) is 21.0. The number of unbranched alkanes of at least 4 members (excludes halogenated alkanes) is 6. The van der Waals surface area contributed by atoms with Crippen molar-refractivity contribution < 1.29 is 0 Å². The van der Waals surface area contributed by atoms with Gasteiger partial charge in [-0.05, 0) is 109 Å². The second-order valence-corrected chi connectivity index (χ2v) is 17.8. The number of fused-ring (bicyclic) bond motifs is 2. The summed E-state index contributed by atoms with van der Waals surface area (Å²) in [5.74, 6) is 0. The van der Waals surface area contributed by atoms with Gasteiger partial charge in [-0.1, -0.05) is 106 Å². The van der Waals surface area contributed by atoms with Gasteiger partial charge in [0.05, 0.1) is 15.7 Å². The van der Waals surface area contributed by atoms with Gasteiger partial charge in [0.1, 0.15) is 0 Å². The fourth-order valence-electron chi connectivity index (χ4n) is 6.38. The molecule has 6 heteroatoms. The predicted octanol–water partition coefficient (Wildman–Crippen LogP) is 15.6. The van der Waals surface area contributed by atoms with E-state index >= 15 is 0 Å². The van der Waals surface area contributed by atoms with Crippen molar-refractivity contribution in [1.29, 1.82) is 0 Å². The van der Waals surface area contributed by atoms with Crippen LogP contribution >= 0.6 is 57.4 Å². The molecule has 4 heterocycles. The zero-order chi connectivity index (χ0) is 32.9. The summed E-state index contributed by atoms with van der Waals surface area (Å²) in [5, 5.41) is 3.88. The van der Waals surface area contributed by atoms with Crippen molar-refractivity contribution in [3.8, 4) is 42.4 Å². The lowest BCUT2D eigenvalue weighted by Crippen LogP contribution is -2.02. The van der Waals surface area contributed by atoms with Gasteiger partial charge in [-0.25, -0.2) is 0 Å². The Kier molecular flexibility index (Phi) is 11.1. The Balaban J connectivity index is 1.20. The topological polar surface area (TPSA) is 12.0 Å². The highest BCUT2D eigenvalue weighted by Crippen LogP contribution is 2.51. The van der Waals surface area contributed by atoms with Crippen LogP contribution in [0.1, 0.15) is 75.0 Å². The third-order valence-electron chi connectivity index (χ3n) is 9.06. The van der Waals surface area contributed by atoms with Crippen LogP contribution in [-0.4, -0.2) is 0 Å². The van der Waals surface area contributed by atoms with Crippen molar-refractivity contribution in [2.75, 3.05) is 5.32 Å². The van der Waals surface area contributed by atoms with Crippen LogP contribution in [-0.2, 0) is 12.8 Å². The standard InChI is InChI=1S/C42H42ClNS4/c1-3-5-7-9-11-32-18-21-37(45-32)30-17-20-35-39(26-30)47-40-27-31(38-22-19-33(46-38)12-10-8-6-4-2)25-34(42(40)44-35)28-13-15-29(16-14-28)36-23-24-41(43)48-36/h13-27,44H,3-12H2,1-2H3. The van der Waals surface area contributed by atoms with E-state index in [9.17, 15) is 0 Å². The van der Waals surface area contributed by atoms with Gasteiger partial charge < -0.3 is 5.32 Å². The first kappa shape index (κ1) is 33.7. The van der Waals surface area contributed by atoms with Crippen molar-refractivity contribution in [3.63, 3.8) is 0 Å². The third-order valence-corrected chi connectivity index (χ3v) is 13.8. The van der Waals surface area contributed by atoms with Gasteiger partial charge >= 0.3 is 0 Å². The minimum atomic E-state index is 0.821. The van der Waals surface area contributed by atoms with E-state index < -0.39 is 0 Å². The maximum absolute atomic E-state index is 6.26. The molecule has 0 saturated heterocycles. The molecular weight excluding hydrogens is 682 g/mol. The Bertz CT molecular complexity index is 1980. The number of hydrogen-bond acceptors (Lipinski definition) is 5. The molecule has 7 rings (SSSR count). The number of hydrogen-bond donors (Lipinski definition) is 1. The van der Waals surface area contributed by atoms with Gasteiger partial charge in [0.25, 0.3) is 0 Å². The minimum Gasteiger partial charge on any atom is -0.353 e. The summed E-state index contributed by atoms with van der Waals surface area (Å²) >= 11 is 13.7. The summed E-state index contributed by atoms with van der Waals surface area (Å²) in [6.07, 6.45) is 12.8. The Morgan fingerprint density at radius 2 is 1.10 bits per heavy atom. The molecule has 246 valence electrons. The fourth-order valence-corrected chi connectivity index (χ4v) is 10.6. The molecule has 6 aromatic rings. The Labute approximate surface area is 307 Å². The second-order valence-electron chi connectivity index (χ2n) is 12.7. The maximum atomic E-state index is 6.26. The van der Waals surface area contributed by atoms with Gasteiger partial charge in [-0.15, -0.1) is 34.0 Å². The van der Waals surface area contributed by atoms with Gasteiger partial charge in [0, 0.05) is 39.7 Å². The highest BCUT2D eigenvalue weighted by molar-refractivity contribution is 7.99. The number of nitrogens with one attached hydrogen (secondary N) is 1. The first-order valence-electron chi connectivity index (χ1n) is 17.4. The van der Waals surface area contributed by atoms with E-state index in [2.05, 4.69) is 104 Å². The van der Waals surface area contributed by atoms with Gasteiger partial charge in [-0.2, -0.15) is 0 Å². The molecule has 3 aromatic heterocycles. The normalized spacial score (nSPS) is 12.1. The number of halogens is 1. The predicted molar refractivity (Wildman–Crippen MR) is 216 cm³/mol. The van der Waals surface area contributed by atoms with Crippen LogP contribution < -0.4 is 5.32 Å². The summed E-state index contributed by atoms with van der Waals surface area (Å²) in [5.41, 5.74) is 8.63.